The summed E-state index contributed by atoms with van der Waals surface area (Å²) in [5.74, 6) is 4.18. The van der Waals surface area contributed by atoms with Crippen molar-refractivity contribution in [3.8, 4) is 0 Å². The Kier molecular flexibility index (Phi) is 7.13. The number of carbonyl (C=O) groups is 1. The van der Waals surface area contributed by atoms with Gasteiger partial charge in [0.25, 0.3) is 0 Å². The first-order valence-electron chi connectivity index (χ1n) is 4.40. The third-order valence-corrected chi connectivity index (χ3v) is 1.84. The Morgan fingerprint density at radius 1 is 1.43 bits per heavy atom. The largest absolute Gasteiger partial charge is 0.330 e. The van der Waals surface area contributed by atoms with E-state index in [1.165, 1.54) is 6.29 Å². The van der Waals surface area contributed by atoms with Crippen LogP contribution in [0.15, 0.2) is 0 Å². The number of hydrogen-bond donors (Lipinski definition) is 3. The van der Waals surface area contributed by atoms with E-state index in [9.17, 15) is 9.59 Å². The van der Waals surface area contributed by atoms with Crippen molar-refractivity contribution in [2.45, 2.75) is 31.4 Å². The van der Waals surface area contributed by atoms with Crippen LogP contribution < -0.4 is 17.4 Å². The molecule has 6 heteroatoms. The number of hydrogen-bond acceptors (Lipinski definition) is 6. The van der Waals surface area contributed by atoms with E-state index in [4.69, 9.17) is 17.4 Å². The number of ketones is 1. The Bertz CT molecular complexity index is 187. The van der Waals surface area contributed by atoms with Crippen LogP contribution in [-0.2, 0) is 14.4 Å². The molecule has 0 aromatic carbocycles. The van der Waals surface area contributed by atoms with Crippen molar-refractivity contribution in [1.29, 1.82) is 0 Å². The number of rotatable bonds is 8. The van der Waals surface area contributed by atoms with E-state index >= 15 is 0 Å². The van der Waals surface area contributed by atoms with Crippen molar-refractivity contribution < 1.29 is 14.4 Å². The van der Waals surface area contributed by atoms with Crippen molar-refractivity contribution in [2.75, 3.05) is 6.54 Å². The molecule has 0 saturated carbocycles. The fourth-order valence-corrected chi connectivity index (χ4v) is 0.998. The molecule has 0 saturated heterocycles. The minimum Gasteiger partial charge on any atom is -0.330 e. The van der Waals surface area contributed by atoms with Crippen LogP contribution >= 0.6 is 0 Å². The predicted octanol–water partition coefficient (Wildman–Crippen LogP) is -1.62. The molecule has 0 fully saturated rings. The van der Waals surface area contributed by atoms with Crippen LogP contribution in [0.1, 0.15) is 19.3 Å². The maximum absolute atomic E-state index is 11.3. The van der Waals surface area contributed by atoms with Crippen LogP contribution in [0, 0.1) is 0 Å². The lowest BCUT2D eigenvalue weighted by molar-refractivity contribution is -0.128. The second-order valence-electron chi connectivity index (χ2n) is 2.93. The number of unbranched alkanes of at least 4 members (excludes halogenated alkanes) is 1. The average molecular weight is 202 g/mol. The van der Waals surface area contributed by atoms with Gasteiger partial charge in [-0.25, -0.2) is 5.90 Å². The summed E-state index contributed by atoms with van der Waals surface area (Å²) in [6.07, 6.45) is 2.00. The molecule has 1 unspecified atom stereocenters. The highest BCUT2D eigenvalue weighted by Crippen LogP contribution is 2.01. The maximum atomic E-state index is 11.3. The fourth-order valence-electron chi connectivity index (χ4n) is 0.998. The summed E-state index contributed by atoms with van der Waals surface area (Å²) < 4.78 is 0. The minimum atomic E-state index is -1.37. The summed E-state index contributed by atoms with van der Waals surface area (Å²) in [6, 6.07) is -0.739. The first-order valence-corrected chi connectivity index (χ1v) is 4.40. The topological polar surface area (TPSA) is 121 Å². The molecule has 0 aliphatic heterocycles. The van der Waals surface area contributed by atoms with E-state index in [1.54, 1.807) is 0 Å². The zero-order chi connectivity index (χ0) is 11.0. The summed E-state index contributed by atoms with van der Waals surface area (Å²) in [7, 11) is 0. The molecule has 0 amide bonds. The Morgan fingerprint density at radius 2 is 2.07 bits per heavy atom. The van der Waals surface area contributed by atoms with Crippen LogP contribution in [0.4, 0.5) is 0 Å². The molecule has 14 heavy (non-hydrogen) atoms. The van der Waals surface area contributed by atoms with Crippen LogP contribution in [0.5, 0.6) is 0 Å². The molecule has 6 nitrogen and oxygen atoms in total. The summed E-state index contributed by atoms with van der Waals surface area (Å²) in [6.45, 7) is 0.553. The van der Waals surface area contributed by atoms with Crippen LogP contribution in [0.3, 0.4) is 0 Å². The molecule has 6 N–H and O–H groups in total. The molecule has 0 aliphatic carbocycles. The van der Waals surface area contributed by atoms with Crippen LogP contribution in [0.2, 0.25) is 0 Å². The quantitative estimate of drug-likeness (QED) is 0.247. The van der Waals surface area contributed by atoms with E-state index < -0.39 is 17.9 Å². The van der Waals surface area contributed by atoms with Crippen molar-refractivity contribution in [2.24, 2.45) is 17.4 Å². The van der Waals surface area contributed by atoms with Gasteiger partial charge in [0.1, 0.15) is 0 Å². The molecule has 1 radical (unpaired) electrons. The molecule has 0 aromatic rings. The van der Waals surface area contributed by atoms with Gasteiger partial charge in [-0.05, 0) is 19.4 Å². The third kappa shape index (κ3) is 4.43. The van der Waals surface area contributed by atoms with Gasteiger partial charge < -0.3 is 11.5 Å². The lowest BCUT2D eigenvalue weighted by Gasteiger charge is -2.12. The normalized spacial score (nSPS) is 14.8. The lowest BCUT2D eigenvalue weighted by Crippen LogP contribution is -2.41. The molecular formula is C8H16N3O3. The second kappa shape index (κ2) is 7.57. The zero-order valence-corrected chi connectivity index (χ0v) is 7.94. The molecule has 0 aliphatic rings. The molecule has 0 spiro atoms. The van der Waals surface area contributed by atoms with Gasteiger partial charge >= 0.3 is 0 Å². The Labute approximate surface area is 82.7 Å². The van der Waals surface area contributed by atoms with E-state index in [1.807, 2.05) is 0 Å². The number of Topliss-reactive ketones (excluding diaryl/α,β-unsaturated/α-hetero) is 1. The monoisotopic (exact) mass is 202 g/mol. The van der Waals surface area contributed by atoms with E-state index in [2.05, 4.69) is 4.84 Å². The summed E-state index contributed by atoms with van der Waals surface area (Å²) in [4.78, 5) is 25.6. The Hall–Kier alpha value is -0.820. The highest BCUT2D eigenvalue weighted by Gasteiger charge is 2.24. The Morgan fingerprint density at radius 3 is 2.50 bits per heavy atom. The molecule has 0 heterocycles. The van der Waals surface area contributed by atoms with Gasteiger partial charge in [0.15, 0.2) is 5.78 Å². The molecule has 2 atom stereocenters. The van der Waals surface area contributed by atoms with Crippen LogP contribution in [0.25, 0.3) is 0 Å². The minimum absolute atomic E-state index is 0.470. The maximum Gasteiger partial charge on any atom is 0.240 e. The highest BCUT2D eigenvalue weighted by atomic mass is 16.6. The van der Waals surface area contributed by atoms with E-state index in [0.717, 1.165) is 12.8 Å². The van der Waals surface area contributed by atoms with E-state index in [0.29, 0.717) is 13.0 Å². The van der Waals surface area contributed by atoms with Crippen molar-refractivity contribution >= 4 is 12.1 Å². The average Bonchev–Trinajstić information content (AvgIpc) is 2.19. The first kappa shape index (κ1) is 13.2. The summed E-state index contributed by atoms with van der Waals surface area (Å²) >= 11 is 0. The van der Waals surface area contributed by atoms with E-state index in [-0.39, 0.29) is 0 Å². The molecule has 0 rings (SSSR count). The SMILES string of the molecule is NCCCC[C@H](N)C(=O)C([C]=O)ON. The molecule has 81 valence electrons. The van der Waals surface area contributed by atoms with Gasteiger partial charge in [0.05, 0.1) is 6.04 Å². The van der Waals surface area contributed by atoms with Gasteiger partial charge in [-0.1, -0.05) is 6.42 Å². The predicted molar refractivity (Wildman–Crippen MR) is 50.6 cm³/mol. The van der Waals surface area contributed by atoms with Gasteiger partial charge in [0.2, 0.25) is 12.4 Å². The zero-order valence-electron chi connectivity index (χ0n) is 7.94. The smallest absolute Gasteiger partial charge is 0.240 e. The summed E-state index contributed by atoms with van der Waals surface area (Å²) in [5.41, 5.74) is 10.8. The third-order valence-electron chi connectivity index (χ3n) is 1.84. The molecule has 0 aromatic heterocycles. The standard InChI is InChI=1S/C8H16N3O3/c9-4-2-1-3-6(10)8(13)7(5-12)14-11/h6-7H,1-4,9-11H2/t6-,7?/m0/s1. The second-order valence-corrected chi connectivity index (χ2v) is 2.93. The van der Waals surface area contributed by atoms with Gasteiger partial charge in [-0.15, -0.1) is 0 Å². The van der Waals surface area contributed by atoms with Gasteiger partial charge in [-0.2, -0.15) is 0 Å². The first-order chi connectivity index (χ1) is 6.67. The molecular weight excluding hydrogens is 186 g/mol. The molecule has 0 bridgehead atoms. The van der Waals surface area contributed by atoms with Crippen molar-refractivity contribution in [1.82, 2.24) is 0 Å². The van der Waals surface area contributed by atoms with Crippen LogP contribution in [-0.4, -0.2) is 30.8 Å². The van der Waals surface area contributed by atoms with Crippen molar-refractivity contribution in [3.63, 3.8) is 0 Å². The van der Waals surface area contributed by atoms with Crippen molar-refractivity contribution in [3.05, 3.63) is 0 Å². The Balaban J connectivity index is 3.90. The highest BCUT2D eigenvalue weighted by molar-refractivity contribution is 5.99. The van der Waals surface area contributed by atoms with Gasteiger partial charge in [0, 0.05) is 0 Å². The lowest BCUT2D eigenvalue weighted by atomic mass is 10.0. The number of nitrogens with two attached hydrogens (primary N) is 3. The fraction of sp³-hybridized carbons (Fsp3) is 0.750. The summed E-state index contributed by atoms with van der Waals surface area (Å²) in [5, 5.41) is 0. The van der Waals surface area contributed by atoms with Gasteiger partial charge in [-0.3, -0.25) is 14.4 Å². The number of carbonyl (C=O) groups excluding carboxylic acids is 2.